The third kappa shape index (κ3) is 0.990. The number of Topliss-reactive ketones (excluding diaryl/α,β-unsaturated/α-hetero) is 1. The van der Waals surface area contributed by atoms with Crippen LogP contribution in [0.25, 0.3) is 0 Å². The first kappa shape index (κ1) is 8.16. The summed E-state index contributed by atoms with van der Waals surface area (Å²) in [7, 11) is 0. The molecule has 1 aliphatic carbocycles. The van der Waals surface area contributed by atoms with Crippen LogP contribution < -0.4 is 0 Å². The molecule has 0 aromatic heterocycles. The number of rotatable bonds is 0. The van der Waals surface area contributed by atoms with Crippen molar-refractivity contribution in [2.45, 2.75) is 37.1 Å². The summed E-state index contributed by atoms with van der Waals surface area (Å²) in [6.07, 6.45) is -0.671. The lowest BCUT2D eigenvalue weighted by molar-refractivity contribution is -0.156. The maximum atomic E-state index is 11.0. The SMILES string of the molecule is O=C1C[C@@H]2OCC[C@@]2(O)[C@@H](O)C1. The average molecular weight is 172 g/mol. The fourth-order valence-corrected chi connectivity index (χ4v) is 1.97. The molecule has 1 heterocycles. The van der Waals surface area contributed by atoms with Gasteiger partial charge in [-0.1, -0.05) is 0 Å². The van der Waals surface area contributed by atoms with Crippen LogP contribution in [-0.4, -0.2) is 40.4 Å². The predicted molar refractivity (Wildman–Crippen MR) is 39.6 cm³/mol. The number of ether oxygens (including phenoxy) is 1. The molecule has 0 aromatic carbocycles. The van der Waals surface area contributed by atoms with Crippen molar-refractivity contribution in [1.82, 2.24) is 0 Å². The summed E-state index contributed by atoms with van der Waals surface area (Å²) >= 11 is 0. The molecule has 1 saturated carbocycles. The first-order valence-electron chi connectivity index (χ1n) is 4.16. The van der Waals surface area contributed by atoms with Gasteiger partial charge in [0.15, 0.2) is 0 Å². The van der Waals surface area contributed by atoms with Crippen LogP contribution in [0.3, 0.4) is 0 Å². The lowest BCUT2D eigenvalue weighted by atomic mass is 9.79. The Morgan fingerprint density at radius 1 is 1.50 bits per heavy atom. The molecule has 2 N–H and O–H groups in total. The molecule has 0 radical (unpaired) electrons. The van der Waals surface area contributed by atoms with Crippen molar-refractivity contribution < 1.29 is 19.7 Å². The second-order valence-corrected chi connectivity index (χ2v) is 3.56. The van der Waals surface area contributed by atoms with Crippen molar-refractivity contribution in [1.29, 1.82) is 0 Å². The summed E-state index contributed by atoms with van der Waals surface area (Å²) in [4.78, 5) is 11.0. The molecule has 0 amide bonds. The van der Waals surface area contributed by atoms with Gasteiger partial charge < -0.3 is 14.9 Å². The van der Waals surface area contributed by atoms with E-state index in [1.165, 1.54) is 0 Å². The largest absolute Gasteiger partial charge is 0.390 e. The van der Waals surface area contributed by atoms with E-state index in [1.54, 1.807) is 0 Å². The topological polar surface area (TPSA) is 66.8 Å². The van der Waals surface area contributed by atoms with E-state index in [4.69, 9.17) is 4.74 Å². The number of fused-ring (bicyclic) bond motifs is 1. The highest BCUT2D eigenvalue weighted by Crippen LogP contribution is 2.36. The molecule has 4 nitrogen and oxygen atoms in total. The third-order valence-corrected chi connectivity index (χ3v) is 2.79. The Bertz CT molecular complexity index is 215. The van der Waals surface area contributed by atoms with Crippen LogP contribution in [0.15, 0.2) is 0 Å². The summed E-state index contributed by atoms with van der Waals surface area (Å²) in [5, 5.41) is 19.3. The molecule has 12 heavy (non-hydrogen) atoms. The van der Waals surface area contributed by atoms with Gasteiger partial charge in [-0.25, -0.2) is 0 Å². The fourth-order valence-electron chi connectivity index (χ4n) is 1.97. The quantitative estimate of drug-likeness (QED) is 0.503. The minimum atomic E-state index is -1.16. The Morgan fingerprint density at radius 3 is 3.00 bits per heavy atom. The second-order valence-electron chi connectivity index (χ2n) is 3.56. The number of aliphatic hydroxyl groups excluding tert-OH is 1. The molecule has 3 atom stereocenters. The van der Waals surface area contributed by atoms with Crippen molar-refractivity contribution in [2.75, 3.05) is 6.61 Å². The van der Waals surface area contributed by atoms with E-state index in [-0.39, 0.29) is 18.6 Å². The lowest BCUT2D eigenvalue weighted by Crippen LogP contribution is -2.54. The highest BCUT2D eigenvalue weighted by molar-refractivity contribution is 5.81. The molecular formula is C8H12O4. The number of ketones is 1. The number of aliphatic hydroxyl groups is 2. The van der Waals surface area contributed by atoms with E-state index in [0.717, 1.165) is 0 Å². The second kappa shape index (κ2) is 2.52. The van der Waals surface area contributed by atoms with E-state index in [9.17, 15) is 15.0 Å². The molecule has 1 saturated heterocycles. The first-order valence-corrected chi connectivity index (χ1v) is 4.16. The van der Waals surface area contributed by atoms with Crippen LogP contribution in [-0.2, 0) is 9.53 Å². The lowest BCUT2D eigenvalue weighted by Gasteiger charge is -2.36. The van der Waals surface area contributed by atoms with E-state index >= 15 is 0 Å². The normalized spacial score (nSPS) is 47.7. The average Bonchev–Trinajstić information content (AvgIpc) is 2.33. The van der Waals surface area contributed by atoms with Crippen molar-refractivity contribution in [3.63, 3.8) is 0 Å². The van der Waals surface area contributed by atoms with E-state index in [2.05, 4.69) is 0 Å². The summed E-state index contributed by atoms with van der Waals surface area (Å²) < 4.78 is 5.17. The fraction of sp³-hybridized carbons (Fsp3) is 0.875. The van der Waals surface area contributed by atoms with Gasteiger partial charge in [-0.05, 0) is 0 Å². The molecule has 0 bridgehead atoms. The molecule has 2 fully saturated rings. The maximum absolute atomic E-state index is 11.0. The van der Waals surface area contributed by atoms with E-state index < -0.39 is 17.8 Å². The van der Waals surface area contributed by atoms with Crippen LogP contribution in [0.1, 0.15) is 19.3 Å². The van der Waals surface area contributed by atoms with Gasteiger partial charge in [-0.15, -0.1) is 0 Å². The summed E-state index contributed by atoms with van der Waals surface area (Å²) in [5.41, 5.74) is -1.16. The summed E-state index contributed by atoms with van der Waals surface area (Å²) in [6, 6.07) is 0. The molecule has 0 spiro atoms. The zero-order chi connectivity index (χ0) is 8.77. The summed E-state index contributed by atoms with van der Waals surface area (Å²) in [5.74, 6) is -0.0286. The molecule has 2 rings (SSSR count). The van der Waals surface area contributed by atoms with Crippen molar-refractivity contribution in [2.24, 2.45) is 0 Å². The van der Waals surface area contributed by atoms with E-state index in [1.807, 2.05) is 0 Å². The van der Waals surface area contributed by atoms with Crippen molar-refractivity contribution in [3.8, 4) is 0 Å². The number of carbonyl (C=O) groups is 1. The van der Waals surface area contributed by atoms with Crippen molar-refractivity contribution >= 4 is 5.78 Å². The summed E-state index contributed by atoms with van der Waals surface area (Å²) in [6.45, 7) is 0.436. The van der Waals surface area contributed by atoms with Gasteiger partial charge in [0, 0.05) is 19.3 Å². The van der Waals surface area contributed by atoms with Crippen LogP contribution in [0.5, 0.6) is 0 Å². The molecular weight excluding hydrogens is 160 g/mol. The smallest absolute Gasteiger partial charge is 0.138 e. The van der Waals surface area contributed by atoms with Gasteiger partial charge in [0.25, 0.3) is 0 Å². The third-order valence-electron chi connectivity index (χ3n) is 2.79. The Kier molecular flexibility index (Phi) is 1.71. The van der Waals surface area contributed by atoms with Gasteiger partial charge in [0.1, 0.15) is 11.4 Å². The molecule has 2 aliphatic rings. The minimum absolute atomic E-state index is 0.0286. The molecule has 0 unspecified atom stereocenters. The van der Waals surface area contributed by atoms with Crippen molar-refractivity contribution in [3.05, 3.63) is 0 Å². The van der Waals surface area contributed by atoms with Gasteiger partial charge in [0.05, 0.1) is 18.8 Å². The minimum Gasteiger partial charge on any atom is -0.390 e. The Labute approximate surface area is 70.1 Å². The van der Waals surface area contributed by atoms with Crippen LogP contribution in [0.2, 0.25) is 0 Å². The Morgan fingerprint density at radius 2 is 2.25 bits per heavy atom. The Balaban J connectivity index is 2.22. The standard InChI is InChI=1S/C8H12O4/c9-5-3-6(10)8(11)1-2-12-7(8)4-5/h6-7,10-11H,1-4H2/t6-,7-,8+/m0/s1. The zero-order valence-corrected chi connectivity index (χ0v) is 6.69. The molecule has 0 aromatic rings. The highest BCUT2D eigenvalue weighted by Gasteiger charge is 2.52. The zero-order valence-electron chi connectivity index (χ0n) is 6.69. The Hall–Kier alpha value is -0.450. The van der Waals surface area contributed by atoms with E-state index in [0.29, 0.717) is 13.0 Å². The monoisotopic (exact) mass is 172 g/mol. The molecule has 1 aliphatic heterocycles. The van der Waals surface area contributed by atoms with Crippen LogP contribution >= 0.6 is 0 Å². The van der Waals surface area contributed by atoms with Crippen LogP contribution in [0, 0.1) is 0 Å². The first-order chi connectivity index (χ1) is 5.63. The van der Waals surface area contributed by atoms with Gasteiger partial charge >= 0.3 is 0 Å². The maximum Gasteiger partial charge on any atom is 0.138 e. The van der Waals surface area contributed by atoms with Crippen LogP contribution in [0.4, 0.5) is 0 Å². The molecule has 4 heteroatoms. The number of hydrogen-bond donors (Lipinski definition) is 2. The number of hydrogen-bond acceptors (Lipinski definition) is 4. The highest BCUT2D eigenvalue weighted by atomic mass is 16.5. The molecule has 68 valence electrons. The van der Waals surface area contributed by atoms with Gasteiger partial charge in [0.2, 0.25) is 0 Å². The predicted octanol–water partition coefficient (Wildman–Crippen LogP) is -0.770. The number of carbonyl (C=O) groups excluding carboxylic acids is 1. The van der Waals surface area contributed by atoms with Gasteiger partial charge in [-0.2, -0.15) is 0 Å². The van der Waals surface area contributed by atoms with Gasteiger partial charge in [-0.3, -0.25) is 4.79 Å².